The van der Waals surface area contributed by atoms with Crippen LogP contribution in [0, 0.1) is 6.92 Å². The summed E-state index contributed by atoms with van der Waals surface area (Å²) >= 11 is 0. The average molecular weight is 208 g/mol. The van der Waals surface area contributed by atoms with E-state index in [1.54, 1.807) is 27.7 Å². The highest BCUT2D eigenvalue weighted by molar-refractivity contribution is 5.36. The van der Waals surface area contributed by atoms with Crippen LogP contribution in [0.3, 0.4) is 0 Å². The second-order valence-corrected chi connectivity index (χ2v) is 5.15. The van der Waals surface area contributed by atoms with Crippen molar-refractivity contribution in [2.24, 2.45) is 0 Å². The molecule has 0 aromatic heterocycles. The molecular formula is C13H20O2. The molecule has 0 radical (unpaired) electrons. The molecule has 84 valence electrons. The second kappa shape index (κ2) is 3.62. The molecule has 0 atom stereocenters. The summed E-state index contributed by atoms with van der Waals surface area (Å²) in [6.07, 6.45) is 0. The number of aliphatic hydroxyl groups is 2. The van der Waals surface area contributed by atoms with Crippen molar-refractivity contribution in [2.45, 2.75) is 45.8 Å². The zero-order valence-electron chi connectivity index (χ0n) is 10.1. The van der Waals surface area contributed by atoms with E-state index in [1.165, 1.54) is 0 Å². The molecule has 2 nitrogen and oxygen atoms in total. The van der Waals surface area contributed by atoms with E-state index in [0.29, 0.717) is 0 Å². The van der Waals surface area contributed by atoms with Crippen molar-refractivity contribution in [3.8, 4) is 0 Å². The van der Waals surface area contributed by atoms with Crippen molar-refractivity contribution < 1.29 is 10.2 Å². The normalized spacial score (nSPS) is 13.0. The zero-order valence-corrected chi connectivity index (χ0v) is 10.1. The summed E-state index contributed by atoms with van der Waals surface area (Å²) in [5, 5.41) is 19.9. The summed E-state index contributed by atoms with van der Waals surface area (Å²) in [7, 11) is 0. The Morgan fingerprint density at radius 2 is 1.47 bits per heavy atom. The van der Waals surface area contributed by atoms with Gasteiger partial charge < -0.3 is 10.2 Å². The average Bonchev–Trinajstić information content (AvgIpc) is 2.00. The number of rotatable bonds is 2. The Hall–Kier alpha value is -0.860. The molecule has 0 aliphatic carbocycles. The summed E-state index contributed by atoms with van der Waals surface area (Å²) in [5.74, 6) is 0. The van der Waals surface area contributed by atoms with Crippen LogP contribution in [0.15, 0.2) is 18.2 Å². The van der Waals surface area contributed by atoms with Crippen LogP contribution >= 0.6 is 0 Å². The summed E-state index contributed by atoms with van der Waals surface area (Å²) in [5.41, 5.74) is 0.988. The van der Waals surface area contributed by atoms with E-state index in [0.717, 1.165) is 16.7 Å². The third kappa shape index (κ3) is 2.80. The van der Waals surface area contributed by atoms with Crippen molar-refractivity contribution >= 4 is 0 Å². The van der Waals surface area contributed by atoms with Crippen LogP contribution < -0.4 is 0 Å². The lowest BCUT2D eigenvalue weighted by atomic mass is 9.88. The van der Waals surface area contributed by atoms with Crippen LogP contribution in [0.25, 0.3) is 0 Å². The van der Waals surface area contributed by atoms with E-state index in [-0.39, 0.29) is 0 Å². The molecule has 0 spiro atoms. The summed E-state index contributed by atoms with van der Waals surface area (Å²) < 4.78 is 0. The summed E-state index contributed by atoms with van der Waals surface area (Å²) in [6.45, 7) is 8.95. The molecule has 1 aromatic carbocycles. The summed E-state index contributed by atoms with van der Waals surface area (Å²) in [4.78, 5) is 0. The number of hydrogen-bond acceptors (Lipinski definition) is 2. The molecule has 0 amide bonds. The van der Waals surface area contributed by atoms with Gasteiger partial charge in [-0.15, -0.1) is 0 Å². The minimum absolute atomic E-state index is 0.824. The Balaban J connectivity index is 3.30. The fourth-order valence-corrected chi connectivity index (χ4v) is 1.66. The summed E-state index contributed by atoms with van der Waals surface area (Å²) in [6, 6.07) is 5.69. The van der Waals surface area contributed by atoms with E-state index >= 15 is 0 Å². The monoisotopic (exact) mass is 208 g/mol. The van der Waals surface area contributed by atoms with E-state index in [9.17, 15) is 10.2 Å². The van der Waals surface area contributed by atoms with Crippen LogP contribution in [-0.2, 0) is 11.2 Å². The highest BCUT2D eigenvalue weighted by Gasteiger charge is 2.22. The molecule has 0 heterocycles. The molecule has 0 saturated carbocycles. The Morgan fingerprint density at radius 1 is 0.933 bits per heavy atom. The first kappa shape index (κ1) is 12.2. The number of hydrogen-bond donors (Lipinski definition) is 2. The smallest absolute Gasteiger partial charge is 0.0843 e. The van der Waals surface area contributed by atoms with Crippen molar-refractivity contribution in [1.29, 1.82) is 0 Å². The molecule has 0 bridgehead atoms. The molecule has 15 heavy (non-hydrogen) atoms. The lowest BCUT2D eigenvalue weighted by Gasteiger charge is -2.25. The third-order valence-electron chi connectivity index (χ3n) is 2.60. The Kier molecular flexibility index (Phi) is 2.94. The van der Waals surface area contributed by atoms with Crippen molar-refractivity contribution in [3.05, 3.63) is 34.9 Å². The molecule has 0 aliphatic heterocycles. The zero-order chi connectivity index (χ0) is 11.9. The van der Waals surface area contributed by atoms with Gasteiger partial charge in [0.2, 0.25) is 0 Å². The Bertz CT molecular complexity index is 354. The topological polar surface area (TPSA) is 40.5 Å². The first-order valence-corrected chi connectivity index (χ1v) is 5.19. The molecule has 0 aliphatic rings. The van der Waals surface area contributed by atoms with Gasteiger partial charge in [0.15, 0.2) is 0 Å². The largest absolute Gasteiger partial charge is 0.386 e. The lowest BCUT2D eigenvalue weighted by Crippen LogP contribution is -2.21. The maximum atomic E-state index is 9.98. The highest BCUT2D eigenvalue weighted by Crippen LogP contribution is 2.28. The third-order valence-corrected chi connectivity index (χ3v) is 2.60. The van der Waals surface area contributed by atoms with Gasteiger partial charge in [-0.25, -0.2) is 0 Å². The fourth-order valence-electron chi connectivity index (χ4n) is 1.66. The lowest BCUT2D eigenvalue weighted by molar-refractivity contribution is 0.0714. The number of benzene rings is 1. The quantitative estimate of drug-likeness (QED) is 0.783. The minimum Gasteiger partial charge on any atom is -0.386 e. The molecule has 1 aromatic rings. The molecule has 2 heteroatoms. The standard InChI is InChI=1S/C13H20O2/c1-9-6-7-10(12(2,3)14)8-11(9)13(4,5)15/h6-8,14-15H,1-5H3. The predicted octanol–water partition coefficient (Wildman–Crippen LogP) is 2.45. The van der Waals surface area contributed by atoms with Crippen molar-refractivity contribution in [1.82, 2.24) is 0 Å². The molecule has 0 unspecified atom stereocenters. The van der Waals surface area contributed by atoms with Crippen LogP contribution in [0.5, 0.6) is 0 Å². The van der Waals surface area contributed by atoms with Gasteiger partial charge >= 0.3 is 0 Å². The number of aryl methyl sites for hydroxylation is 1. The maximum absolute atomic E-state index is 9.98. The molecular weight excluding hydrogens is 188 g/mol. The first-order valence-electron chi connectivity index (χ1n) is 5.19. The minimum atomic E-state index is -0.870. The molecule has 1 rings (SSSR count). The van der Waals surface area contributed by atoms with Crippen LogP contribution in [0.4, 0.5) is 0 Å². The Morgan fingerprint density at radius 3 is 1.87 bits per heavy atom. The van der Waals surface area contributed by atoms with Crippen molar-refractivity contribution in [3.63, 3.8) is 0 Å². The second-order valence-electron chi connectivity index (χ2n) is 5.15. The van der Waals surface area contributed by atoms with E-state index in [2.05, 4.69) is 0 Å². The van der Waals surface area contributed by atoms with E-state index < -0.39 is 11.2 Å². The molecule has 0 fully saturated rings. The van der Waals surface area contributed by atoms with Gasteiger partial charge in [0.25, 0.3) is 0 Å². The van der Waals surface area contributed by atoms with Crippen molar-refractivity contribution in [2.75, 3.05) is 0 Å². The van der Waals surface area contributed by atoms with Crippen LogP contribution in [-0.4, -0.2) is 10.2 Å². The highest BCUT2D eigenvalue weighted by atomic mass is 16.3. The van der Waals surface area contributed by atoms with Gasteiger partial charge in [0.05, 0.1) is 11.2 Å². The maximum Gasteiger partial charge on any atom is 0.0843 e. The molecule has 2 N–H and O–H groups in total. The van der Waals surface area contributed by atoms with Crippen LogP contribution in [0.2, 0.25) is 0 Å². The van der Waals surface area contributed by atoms with Gasteiger partial charge in [-0.1, -0.05) is 12.1 Å². The van der Waals surface area contributed by atoms with Gasteiger partial charge in [-0.2, -0.15) is 0 Å². The van der Waals surface area contributed by atoms with Gasteiger partial charge in [-0.3, -0.25) is 0 Å². The van der Waals surface area contributed by atoms with E-state index in [4.69, 9.17) is 0 Å². The van der Waals surface area contributed by atoms with Gasteiger partial charge in [-0.05, 0) is 57.4 Å². The fraction of sp³-hybridized carbons (Fsp3) is 0.538. The molecule has 0 saturated heterocycles. The SMILES string of the molecule is Cc1ccc(C(C)(C)O)cc1C(C)(C)O. The van der Waals surface area contributed by atoms with Gasteiger partial charge in [0, 0.05) is 0 Å². The van der Waals surface area contributed by atoms with Gasteiger partial charge in [0.1, 0.15) is 0 Å². The Labute approximate surface area is 91.6 Å². The first-order chi connectivity index (χ1) is 6.62. The van der Waals surface area contributed by atoms with Crippen LogP contribution in [0.1, 0.15) is 44.4 Å². The van der Waals surface area contributed by atoms with E-state index in [1.807, 2.05) is 25.1 Å². The predicted molar refractivity (Wildman–Crippen MR) is 61.7 cm³/mol.